The van der Waals surface area contributed by atoms with Crippen molar-refractivity contribution in [3.8, 4) is 0 Å². The van der Waals surface area contributed by atoms with Crippen LogP contribution in [0.3, 0.4) is 0 Å². The molecule has 0 atom stereocenters. The Bertz CT molecular complexity index is 723. The predicted octanol–water partition coefficient (Wildman–Crippen LogP) is -0.102. The molecule has 1 aliphatic heterocycles. The second-order valence-electron chi connectivity index (χ2n) is 4.61. The molecule has 2 aromatic rings. The van der Waals surface area contributed by atoms with Crippen LogP contribution in [-0.2, 0) is 0 Å². The molecule has 3 rings (SSSR count). The normalized spacial score (nSPS) is 15.3. The molecule has 110 valence electrons. The number of hydrogen-bond donors (Lipinski definition) is 3. The van der Waals surface area contributed by atoms with Crippen molar-refractivity contribution < 1.29 is 14.7 Å². The van der Waals surface area contributed by atoms with Gasteiger partial charge in [0.1, 0.15) is 10.5 Å². The number of carbonyl (C=O) groups excluding carboxylic acids is 1. The number of nitrogens with two attached hydrogens (primary N) is 1. The summed E-state index contributed by atoms with van der Waals surface area (Å²) in [6.45, 7) is 3.05. The topological polar surface area (TPSA) is 121 Å². The lowest BCUT2D eigenvalue weighted by Crippen LogP contribution is -2.44. The summed E-state index contributed by atoms with van der Waals surface area (Å²) in [5.74, 6) is -1.46. The number of piperazine rings is 1. The van der Waals surface area contributed by atoms with Crippen LogP contribution in [0.15, 0.2) is 5.38 Å². The number of hydrogen-bond acceptors (Lipinski definition) is 7. The Balaban J connectivity index is 2.17. The second kappa shape index (κ2) is 5.26. The summed E-state index contributed by atoms with van der Waals surface area (Å²) in [5, 5.41) is 14.1. The van der Waals surface area contributed by atoms with Gasteiger partial charge in [0.2, 0.25) is 5.95 Å². The van der Waals surface area contributed by atoms with Crippen LogP contribution in [-0.4, -0.2) is 53.1 Å². The van der Waals surface area contributed by atoms with E-state index >= 15 is 0 Å². The monoisotopic (exact) mass is 307 g/mol. The molecule has 0 aromatic carbocycles. The molecule has 0 unspecified atom stereocenters. The van der Waals surface area contributed by atoms with Crippen LogP contribution in [0.5, 0.6) is 0 Å². The van der Waals surface area contributed by atoms with E-state index < -0.39 is 11.9 Å². The van der Waals surface area contributed by atoms with Crippen molar-refractivity contribution in [2.45, 2.75) is 0 Å². The van der Waals surface area contributed by atoms with Crippen LogP contribution < -0.4 is 16.0 Å². The first-order valence-corrected chi connectivity index (χ1v) is 7.24. The van der Waals surface area contributed by atoms with Crippen LogP contribution >= 0.6 is 11.3 Å². The van der Waals surface area contributed by atoms with Gasteiger partial charge in [-0.05, 0) is 0 Å². The van der Waals surface area contributed by atoms with E-state index in [4.69, 9.17) is 5.73 Å². The minimum absolute atomic E-state index is 0.00987. The fourth-order valence-electron chi connectivity index (χ4n) is 2.27. The lowest BCUT2D eigenvalue weighted by molar-refractivity contribution is 0.0699. The number of primary amides is 1. The van der Waals surface area contributed by atoms with Crippen LogP contribution in [0.2, 0.25) is 0 Å². The van der Waals surface area contributed by atoms with Crippen molar-refractivity contribution >= 4 is 39.4 Å². The Morgan fingerprint density at radius 3 is 2.67 bits per heavy atom. The molecule has 4 N–H and O–H groups in total. The smallest absolute Gasteiger partial charge is 0.337 e. The van der Waals surface area contributed by atoms with Gasteiger partial charge in [0.05, 0.1) is 10.9 Å². The molecule has 0 bridgehead atoms. The molecule has 0 saturated carbocycles. The van der Waals surface area contributed by atoms with E-state index in [1.807, 2.05) is 4.90 Å². The van der Waals surface area contributed by atoms with E-state index in [0.717, 1.165) is 26.2 Å². The van der Waals surface area contributed by atoms with Gasteiger partial charge in [-0.3, -0.25) is 4.79 Å². The lowest BCUT2D eigenvalue weighted by atomic mass is 10.2. The predicted molar refractivity (Wildman–Crippen MR) is 78.0 cm³/mol. The summed E-state index contributed by atoms with van der Waals surface area (Å²) in [5.41, 5.74) is 5.33. The highest BCUT2D eigenvalue weighted by atomic mass is 32.1. The Kier molecular flexibility index (Phi) is 3.43. The number of nitrogens with zero attached hydrogens (tertiary/aromatic N) is 3. The number of rotatable bonds is 3. The van der Waals surface area contributed by atoms with Crippen LogP contribution in [0.4, 0.5) is 5.95 Å². The number of carbonyl (C=O) groups is 2. The minimum Gasteiger partial charge on any atom is -0.478 e. The van der Waals surface area contributed by atoms with Crippen molar-refractivity contribution in [3.05, 3.63) is 16.6 Å². The van der Waals surface area contributed by atoms with E-state index in [2.05, 4.69) is 15.3 Å². The van der Waals surface area contributed by atoms with Gasteiger partial charge < -0.3 is 21.1 Å². The van der Waals surface area contributed by atoms with E-state index in [1.54, 1.807) is 0 Å². The number of nitrogens with one attached hydrogen (secondary N) is 1. The van der Waals surface area contributed by atoms with Gasteiger partial charge >= 0.3 is 5.97 Å². The summed E-state index contributed by atoms with van der Waals surface area (Å²) >= 11 is 1.17. The third-order valence-electron chi connectivity index (χ3n) is 3.29. The SMILES string of the molecule is NC(=O)c1nc(N2CCNCC2)nc2scc(C(=O)O)c12. The quantitative estimate of drug-likeness (QED) is 0.723. The number of amides is 1. The van der Waals surface area contributed by atoms with E-state index in [0.29, 0.717) is 10.8 Å². The lowest BCUT2D eigenvalue weighted by Gasteiger charge is -2.27. The van der Waals surface area contributed by atoms with Gasteiger partial charge in [0.25, 0.3) is 5.91 Å². The second-order valence-corrected chi connectivity index (χ2v) is 5.47. The summed E-state index contributed by atoms with van der Waals surface area (Å²) < 4.78 is 0. The number of fused-ring (bicyclic) bond motifs is 1. The van der Waals surface area contributed by atoms with Gasteiger partial charge in [-0.15, -0.1) is 11.3 Å². The van der Waals surface area contributed by atoms with Gasteiger partial charge in [-0.25, -0.2) is 14.8 Å². The highest BCUT2D eigenvalue weighted by molar-refractivity contribution is 7.17. The number of carboxylic acid groups (broad SMARTS) is 1. The number of aromatic carboxylic acids is 1. The Morgan fingerprint density at radius 1 is 1.33 bits per heavy atom. The molecule has 1 amide bonds. The van der Waals surface area contributed by atoms with Crippen LogP contribution in [0, 0.1) is 0 Å². The third kappa shape index (κ3) is 2.41. The van der Waals surface area contributed by atoms with Gasteiger partial charge in [-0.2, -0.15) is 0 Å². The maximum absolute atomic E-state index is 11.6. The molecule has 9 heteroatoms. The van der Waals surface area contributed by atoms with Crippen molar-refractivity contribution in [1.82, 2.24) is 15.3 Å². The number of carboxylic acids is 1. The first kappa shape index (κ1) is 13.7. The molecule has 1 fully saturated rings. The standard InChI is InChI=1S/C12H13N5O3S/c13-9(18)8-7-6(11(19)20)5-21-10(7)16-12(15-8)17-3-1-14-2-4-17/h5,14H,1-4H2,(H2,13,18)(H,19,20). The average molecular weight is 307 g/mol. The number of thiophene rings is 1. The van der Waals surface area contributed by atoms with Crippen LogP contribution in [0.1, 0.15) is 20.8 Å². The Labute approximate surface area is 123 Å². The van der Waals surface area contributed by atoms with E-state index in [-0.39, 0.29) is 16.6 Å². The Morgan fingerprint density at radius 2 is 2.05 bits per heavy atom. The Hall–Kier alpha value is -2.26. The highest BCUT2D eigenvalue weighted by Crippen LogP contribution is 2.28. The molecular weight excluding hydrogens is 294 g/mol. The van der Waals surface area contributed by atoms with Crippen molar-refractivity contribution in [1.29, 1.82) is 0 Å². The zero-order chi connectivity index (χ0) is 15.0. The summed E-state index contributed by atoms with van der Waals surface area (Å²) in [6.07, 6.45) is 0. The fraction of sp³-hybridized carbons (Fsp3) is 0.333. The van der Waals surface area contributed by atoms with Gasteiger partial charge in [0, 0.05) is 31.6 Å². The first-order valence-electron chi connectivity index (χ1n) is 6.36. The molecule has 1 saturated heterocycles. The molecular formula is C12H13N5O3S. The zero-order valence-corrected chi connectivity index (χ0v) is 11.8. The molecule has 1 aliphatic rings. The zero-order valence-electron chi connectivity index (χ0n) is 11.0. The molecule has 0 radical (unpaired) electrons. The fourth-order valence-corrected chi connectivity index (χ4v) is 3.18. The maximum Gasteiger partial charge on any atom is 0.337 e. The molecule has 0 aliphatic carbocycles. The highest BCUT2D eigenvalue weighted by Gasteiger charge is 2.23. The first-order chi connectivity index (χ1) is 10.1. The molecule has 2 aromatic heterocycles. The molecule has 21 heavy (non-hydrogen) atoms. The summed E-state index contributed by atoms with van der Waals surface area (Å²) in [4.78, 5) is 33.8. The third-order valence-corrected chi connectivity index (χ3v) is 4.16. The van der Waals surface area contributed by atoms with Crippen LogP contribution in [0.25, 0.3) is 10.2 Å². The van der Waals surface area contributed by atoms with Crippen molar-refractivity contribution in [3.63, 3.8) is 0 Å². The van der Waals surface area contributed by atoms with Gasteiger partial charge in [0.15, 0.2) is 0 Å². The maximum atomic E-state index is 11.6. The van der Waals surface area contributed by atoms with Crippen molar-refractivity contribution in [2.24, 2.45) is 5.73 Å². The number of aromatic nitrogens is 2. The average Bonchev–Trinajstić information content (AvgIpc) is 2.91. The molecule has 0 spiro atoms. The largest absolute Gasteiger partial charge is 0.478 e. The van der Waals surface area contributed by atoms with E-state index in [1.165, 1.54) is 16.7 Å². The van der Waals surface area contributed by atoms with Gasteiger partial charge in [-0.1, -0.05) is 0 Å². The molecule has 3 heterocycles. The molecule has 8 nitrogen and oxygen atoms in total. The van der Waals surface area contributed by atoms with E-state index in [9.17, 15) is 14.7 Å². The summed E-state index contributed by atoms with van der Waals surface area (Å²) in [7, 11) is 0. The number of anilines is 1. The minimum atomic E-state index is -1.12. The summed E-state index contributed by atoms with van der Waals surface area (Å²) in [6, 6.07) is 0. The van der Waals surface area contributed by atoms with Crippen molar-refractivity contribution in [2.75, 3.05) is 31.1 Å².